The molecule has 0 N–H and O–H groups in total. The van der Waals surface area contributed by atoms with Gasteiger partial charge >= 0.3 is 0 Å². The standard InChI is InChI=1S/C31H27N5O3S/c1-3-4-18-39-26-16-12-22(13-17-26)29-32-31-36(34-29)30(37)27(40-31)19-23-20-35(24-8-6-5-7-9-24)33-28(23)21-10-14-25(38-2)15-11-21/h5-17,19-20H,3-4,18H2,1-2H3. The zero-order chi connectivity index (χ0) is 27.5. The van der Waals surface area contributed by atoms with Crippen molar-refractivity contribution in [1.29, 1.82) is 0 Å². The zero-order valence-corrected chi connectivity index (χ0v) is 23.0. The summed E-state index contributed by atoms with van der Waals surface area (Å²) in [4.78, 5) is 18.5. The molecule has 0 spiro atoms. The summed E-state index contributed by atoms with van der Waals surface area (Å²) in [7, 11) is 1.64. The first-order valence-corrected chi connectivity index (χ1v) is 13.9. The van der Waals surface area contributed by atoms with Crippen molar-refractivity contribution < 1.29 is 9.47 Å². The van der Waals surface area contributed by atoms with Gasteiger partial charge in [0.05, 0.1) is 23.9 Å². The smallest absolute Gasteiger partial charge is 0.291 e. The van der Waals surface area contributed by atoms with Gasteiger partial charge in [0.15, 0.2) is 5.82 Å². The van der Waals surface area contributed by atoms with E-state index in [1.807, 2.05) is 95.8 Å². The van der Waals surface area contributed by atoms with Crippen molar-refractivity contribution >= 4 is 22.4 Å². The third-order valence-electron chi connectivity index (χ3n) is 6.47. The van der Waals surface area contributed by atoms with E-state index in [0.717, 1.165) is 52.4 Å². The minimum atomic E-state index is -0.216. The van der Waals surface area contributed by atoms with Gasteiger partial charge in [0, 0.05) is 22.9 Å². The quantitative estimate of drug-likeness (QED) is 0.225. The van der Waals surface area contributed by atoms with E-state index in [1.165, 1.54) is 15.9 Å². The van der Waals surface area contributed by atoms with Gasteiger partial charge in [0.1, 0.15) is 17.2 Å². The van der Waals surface area contributed by atoms with E-state index in [4.69, 9.17) is 14.6 Å². The average molecular weight is 550 g/mol. The van der Waals surface area contributed by atoms with Crippen molar-refractivity contribution in [3.63, 3.8) is 0 Å². The maximum absolute atomic E-state index is 13.4. The number of aromatic nitrogens is 5. The molecule has 0 unspecified atom stereocenters. The molecule has 200 valence electrons. The molecule has 0 amide bonds. The van der Waals surface area contributed by atoms with Gasteiger partial charge in [0.25, 0.3) is 5.56 Å². The Kier molecular flexibility index (Phi) is 7.11. The van der Waals surface area contributed by atoms with Crippen LogP contribution in [-0.2, 0) is 0 Å². The van der Waals surface area contributed by atoms with Crippen molar-refractivity contribution in [1.82, 2.24) is 24.4 Å². The molecular formula is C31H27N5O3S. The van der Waals surface area contributed by atoms with Gasteiger partial charge in [-0.25, -0.2) is 4.68 Å². The summed E-state index contributed by atoms with van der Waals surface area (Å²) in [5, 5.41) is 9.37. The second-order valence-corrected chi connectivity index (χ2v) is 10.2. The Hall–Kier alpha value is -4.76. The van der Waals surface area contributed by atoms with E-state index in [-0.39, 0.29) is 5.56 Å². The van der Waals surface area contributed by atoms with Crippen LogP contribution in [0.2, 0.25) is 0 Å². The van der Waals surface area contributed by atoms with Crippen LogP contribution in [0, 0.1) is 0 Å². The van der Waals surface area contributed by atoms with Gasteiger partial charge in [-0.3, -0.25) is 4.79 Å². The lowest BCUT2D eigenvalue weighted by molar-refractivity contribution is 0.309. The summed E-state index contributed by atoms with van der Waals surface area (Å²) in [6, 6.07) is 25.2. The second-order valence-electron chi connectivity index (χ2n) is 9.21. The number of nitrogens with zero attached hydrogens (tertiary/aromatic N) is 5. The van der Waals surface area contributed by atoms with Gasteiger partial charge in [-0.2, -0.15) is 14.6 Å². The maximum Gasteiger partial charge on any atom is 0.291 e. The fourth-order valence-electron chi connectivity index (χ4n) is 4.31. The molecule has 3 heterocycles. The maximum atomic E-state index is 13.4. The Balaban J connectivity index is 1.36. The molecule has 0 aliphatic carbocycles. The summed E-state index contributed by atoms with van der Waals surface area (Å²) >= 11 is 1.31. The van der Waals surface area contributed by atoms with Gasteiger partial charge in [0.2, 0.25) is 4.96 Å². The highest BCUT2D eigenvalue weighted by Gasteiger charge is 2.15. The molecule has 0 saturated heterocycles. The highest BCUT2D eigenvalue weighted by molar-refractivity contribution is 7.15. The molecule has 9 heteroatoms. The zero-order valence-electron chi connectivity index (χ0n) is 22.2. The molecule has 6 rings (SSSR count). The monoisotopic (exact) mass is 549 g/mol. The highest BCUT2D eigenvalue weighted by atomic mass is 32.1. The van der Waals surface area contributed by atoms with E-state index in [2.05, 4.69) is 17.0 Å². The van der Waals surface area contributed by atoms with Crippen molar-refractivity contribution in [2.24, 2.45) is 0 Å². The molecule has 0 radical (unpaired) electrons. The average Bonchev–Trinajstić information content (AvgIpc) is 3.69. The minimum Gasteiger partial charge on any atom is -0.497 e. The lowest BCUT2D eigenvalue weighted by atomic mass is 10.1. The molecule has 8 nitrogen and oxygen atoms in total. The van der Waals surface area contributed by atoms with Crippen LogP contribution in [0.1, 0.15) is 25.3 Å². The first-order valence-electron chi connectivity index (χ1n) is 13.1. The predicted molar refractivity (Wildman–Crippen MR) is 157 cm³/mol. The van der Waals surface area contributed by atoms with Crippen LogP contribution >= 0.6 is 11.3 Å². The van der Waals surface area contributed by atoms with Crippen LogP contribution in [-0.4, -0.2) is 38.1 Å². The van der Waals surface area contributed by atoms with Gasteiger partial charge < -0.3 is 9.47 Å². The Morgan fingerprint density at radius 3 is 2.33 bits per heavy atom. The molecule has 3 aromatic carbocycles. The molecule has 0 bridgehead atoms. The van der Waals surface area contributed by atoms with E-state index in [0.29, 0.717) is 21.9 Å². The first kappa shape index (κ1) is 25.5. The van der Waals surface area contributed by atoms with E-state index >= 15 is 0 Å². The first-order chi connectivity index (χ1) is 19.6. The molecule has 0 aliphatic rings. The van der Waals surface area contributed by atoms with E-state index < -0.39 is 0 Å². The van der Waals surface area contributed by atoms with Crippen LogP contribution in [0.25, 0.3) is 39.4 Å². The summed E-state index contributed by atoms with van der Waals surface area (Å²) < 4.78 is 14.8. The Labute approximate surface area is 234 Å². The molecule has 0 saturated carbocycles. The molecule has 0 atom stereocenters. The lowest BCUT2D eigenvalue weighted by Gasteiger charge is -2.05. The van der Waals surface area contributed by atoms with Crippen molar-refractivity contribution in [2.45, 2.75) is 19.8 Å². The molecule has 3 aromatic heterocycles. The van der Waals surface area contributed by atoms with Crippen molar-refractivity contribution in [3.05, 3.63) is 106 Å². The van der Waals surface area contributed by atoms with Gasteiger partial charge in [-0.15, -0.1) is 5.10 Å². The Bertz CT molecular complexity index is 1860. The summed E-state index contributed by atoms with van der Waals surface area (Å²) in [6.07, 6.45) is 5.89. The van der Waals surface area contributed by atoms with E-state index in [1.54, 1.807) is 7.11 Å². The van der Waals surface area contributed by atoms with Gasteiger partial charge in [-0.1, -0.05) is 42.9 Å². The van der Waals surface area contributed by atoms with Crippen LogP contribution < -0.4 is 19.6 Å². The number of ether oxygens (including phenoxy) is 2. The number of thiazole rings is 1. The largest absolute Gasteiger partial charge is 0.497 e. The summed E-state index contributed by atoms with van der Waals surface area (Å²) in [6.45, 7) is 2.82. The number of benzene rings is 3. The molecule has 0 fully saturated rings. The number of hydrogen-bond donors (Lipinski definition) is 0. The number of methoxy groups -OCH3 is 1. The number of rotatable bonds is 9. The Morgan fingerprint density at radius 2 is 1.62 bits per heavy atom. The van der Waals surface area contributed by atoms with Crippen LogP contribution in [0.5, 0.6) is 11.5 Å². The minimum absolute atomic E-state index is 0.216. The van der Waals surface area contributed by atoms with Crippen LogP contribution in [0.3, 0.4) is 0 Å². The number of hydrogen-bond acceptors (Lipinski definition) is 7. The predicted octanol–water partition coefficient (Wildman–Crippen LogP) is 5.41. The van der Waals surface area contributed by atoms with Crippen molar-refractivity contribution in [2.75, 3.05) is 13.7 Å². The van der Waals surface area contributed by atoms with E-state index in [9.17, 15) is 4.79 Å². The van der Waals surface area contributed by atoms with Gasteiger partial charge in [-0.05, 0) is 73.2 Å². The fraction of sp³-hybridized carbons (Fsp3) is 0.161. The highest BCUT2D eigenvalue weighted by Crippen LogP contribution is 2.27. The van der Waals surface area contributed by atoms with Crippen LogP contribution in [0.4, 0.5) is 0 Å². The summed E-state index contributed by atoms with van der Waals surface area (Å²) in [5.74, 6) is 2.08. The van der Waals surface area contributed by atoms with Crippen LogP contribution in [0.15, 0.2) is 89.9 Å². The molecular weight excluding hydrogens is 522 g/mol. The lowest BCUT2D eigenvalue weighted by Crippen LogP contribution is -2.23. The third-order valence-corrected chi connectivity index (χ3v) is 7.43. The summed E-state index contributed by atoms with van der Waals surface area (Å²) in [5.41, 5.74) is 4.02. The number of para-hydroxylation sites is 1. The molecule has 0 aliphatic heterocycles. The van der Waals surface area contributed by atoms with Crippen molar-refractivity contribution in [3.8, 4) is 39.8 Å². The Morgan fingerprint density at radius 1 is 0.900 bits per heavy atom. The topological polar surface area (TPSA) is 83.5 Å². The molecule has 40 heavy (non-hydrogen) atoms. The fourth-order valence-corrected chi connectivity index (χ4v) is 5.21. The second kappa shape index (κ2) is 11.2. The third kappa shape index (κ3) is 5.11. The SMILES string of the molecule is CCCCOc1ccc(-c2nc3sc(=Cc4cn(-c5ccccc5)nc4-c4ccc(OC)cc4)c(=O)n3n2)cc1. The normalized spacial score (nSPS) is 11.8. The number of fused-ring (bicyclic) bond motifs is 1. The molecule has 6 aromatic rings. The number of unbranched alkanes of at least 4 members (excludes halogenated alkanes) is 1.